The van der Waals surface area contributed by atoms with Gasteiger partial charge in [0, 0.05) is 0 Å². The summed E-state index contributed by atoms with van der Waals surface area (Å²) in [5, 5.41) is 0. The molecule has 1 aromatic heterocycles. The molecular weight excluding hydrogens is 411 g/mol. The first-order chi connectivity index (χ1) is 9.84. The number of nitrogens with one attached hydrogen (secondary N) is 1. The van der Waals surface area contributed by atoms with Gasteiger partial charge in [-0.25, -0.2) is 0 Å². The van der Waals surface area contributed by atoms with Crippen LogP contribution < -0.4 is 24.8 Å². The monoisotopic (exact) mass is 422 g/mol. The van der Waals surface area contributed by atoms with Crippen LogP contribution in [0.5, 0.6) is 0 Å². The number of aromatic amines is 1. The number of benzene rings is 1. The van der Waals surface area contributed by atoms with E-state index < -0.39 is 0 Å². The van der Waals surface area contributed by atoms with E-state index in [1.807, 2.05) is 0 Å². The van der Waals surface area contributed by atoms with Crippen molar-refractivity contribution in [1.29, 1.82) is 0 Å². The van der Waals surface area contributed by atoms with Crippen LogP contribution in [0, 0.1) is 0 Å². The molecule has 2 aliphatic rings. The molecule has 1 nitrogen and oxygen atoms in total. The molecule has 2 aromatic rings. The molecular formula is C17H13Cl2NPZr. The summed E-state index contributed by atoms with van der Waals surface area (Å²) in [6, 6.07) is 8.81. The molecule has 0 aliphatic heterocycles. The molecule has 22 heavy (non-hydrogen) atoms. The van der Waals surface area contributed by atoms with Crippen molar-refractivity contribution in [2.45, 2.75) is 12.3 Å². The molecule has 2 aliphatic carbocycles. The Morgan fingerprint density at radius 1 is 1.18 bits per heavy atom. The predicted octanol–water partition coefficient (Wildman–Crippen LogP) is -0.999. The Morgan fingerprint density at radius 3 is 2.68 bits per heavy atom. The fourth-order valence-corrected chi connectivity index (χ4v) is 4.72. The Hall–Kier alpha value is -0.387. The molecule has 4 rings (SSSR count). The van der Waals surface area contributed by atoms with Crippen LogP contribution in [-0.2, 0) is 24.7 Å². The van der Waals surface area contributed by atoms with E-state index in [0.29, 0.717) is 5.92 Å². The van der Waals surface area contributed by atoms with Crippen LogP contribution in [-0.4, -0.2) is 4.98 Å². The maximum absolute atomic E-state index is 3.42. The first kappa shape index (κ1) is 18.0. The number of aromatic nitrogens is 1. The van der Waals surface area contributed by atoms with Crippen molar-refractivity contribution in [2.24, 2.45) is 0 Å². The van der Waals surface area contributed by atoms with Crippen molar-refractivity contribution < 1.29 is 49.5 Å². The minimum atomic E-state index is 0. The van der Waals surface area contributed by atoms with E-state index in [1.54, 1.807) is 28.0 Å². The average molecular weight is 424 g/mol. The van der Waals surface area contributed by atoms with Crippen LogP contribution in [0.3, 0.4) is 0 Å². The number of allylic oxidation sites excluding steroid dienone is 5. The van der Waals surface area contributed by atoms with Crippen LogP contribution in [0.2, 0.25) is 0 Å². The van der Waals surface area contributed by atoms with Crippen LogP contribution in [0.1, 0.15) is 28.9 Å². The fourth-order valence-electron chi connectivity index (χ4n) is 3.08. The molecule has 0 saturated carbocycles. The fraction of sp³-hybridized carbons (Fsp3) is 0.118. The van der Waals surface area contributed by atoms with Gasteiger partial charge in [-0.05, 0) is 0 Å². The van der Waals surface area contributed by atoms with E-state index >= 15 is 0 Å². The Morgan fingerprint density at radius 2 is 2.00 bits per heavy atom. The third-order valence-electron chi connectivity index (χ3n) is 3.98. The maximum atomic E-state index is 3.42. The van der Waals surface area contributed by atoms with Crippen molar-refractivity contribution >= 4 is 19.8 Å². The van der Waals surface area contributed by atoms with Gasteiger partial charge in [-0.2, -0.15) is 0 Å². The molecule has 0 amide bonds. The summed E-state index contributed by atoms with van der Waals surface area (Å²) in [6.45, 7) is 0. The molecule has 1 N–H and O–H groups in total. The second-order valence-electron chi connectivity index (χ2n) is 5.14. The first-order valence-electron chi connectivity index (χ1n) is 6.76. The molecule has 0 radical (unpaired) electrons. The Labute approximate surface area is 159 Å². The topological polar surface area (TPSA) is 15.8 Å². The van der Waals surface area contributed by atoms with Gasteiger partial charge >= 0.3 is 136 Å². The predicted molar refractivity (Wildman–Crippen MR) is 81.1 cm³/mol. The number of H-pyrrole nitrogens is 1. The van der Waals surface area contributed by atoms with Crippen molar-refractivity contribution in [3.05, 3.63) is 73.8 Å². The zero-order valence-corrected chi connectivity index (χ0v) is 16.5. The molecule has 0 bridgehead atoms. The van der Waals surface area contributed by atoms with E-state index in [4.69, 9.17) is 0 Å². The molecule has 1 unspecified atom stereocenters. The van der Waals surface area contributed by atoms with Crippen molar-refractivity contribution in [1.82, 2.24) is 4.98 Å². The first-order valence-corrected chi connectivity index (χ1v) is 8.95. The zero-order valence-electron chi connectivity index (χ0n) is 11.7. The van der Waals surface area contributed by atoms with Gasteiger partial charge in [0.2, 0.25) is 0 Å². The number of rotatable bonds is 2. The molecule has 0 saturated heterocycles. The molecule has 1 aromatic carbocycles. The summed E-state index contributed by atoms with van der Waals surface area (Å²) >= 11 is 1.55. The number of halogens is 2. The van der Waals surface area contributed by atoms with Crippen LogP contribution in [0.15, 0.2) is 57.3 Å². The van der Waals surface area contributed by atoms with Crippen molar-refractivity contribution in [3.63, 3.8) is 0 Å². The van der Waals surface area contributed by atoms with Crippen LogP contribution >= 0.6 is 8.19 Å². The number of hydrogen-bond donors (Lipinski definition) is 1. The SMILES string of the molecule is [Cl-].[Cl-].[Zr+2][C]1=C(C2C(c3[nH]ccp3)=Cc3ccccc32)C=CC1. The normalized spacial score (nSPS) is 19.0. The molecule has 1 heterocycles. The molecule has 0 fully saturated rings. The van der Waals surface area contributed by atoms with E-state index in [0.717, 1.165) is 6.42 Å². The van der Waals surface area contributed by atoms with Gasteiger partial charge in [0.05, 0.1) is 0 Å². The summed E-state index contributed by atoms with van der Waals surface area (Å²) in [7, 11) is 1.28. The summed E-state index contributed by atoms with van der Waals surface area (Å²) < 4.78 is 1.59. The van der Waals surface area contributed by atoms with Gasteiger partial charge in [-0.15, -0.1) is 0 Å². The molecule has 5 heteroatoms. The van der Waals surface area contributed by atoms with Crippen molar-refractivity contribution in [2.75, 3.05) is 0 Å². The standard InChI is InChI=1S/C17H13NP.2ClH.Zr/c1-2-6-12(5-1)16-14-8-4-3-7-13(14)11-15(16)17-18-9-10-19-17;;;/h1,3-5,7-11,16,18H,2H2;2*1H;/q;;;+2/p-2. The van der Waals surface area contributed by atoms with Gasteiger partial charge in [0.15, 0.2) is 0 Å². The number of fused-ring (bicyclic) bond motifs is 1. The molecule has 0 spiro atoms. The van der Waals surface area contributed by atoms with Crippen LogP contribution in [0.4, 0.5) is 0 Å². The van der Waals surface area contributed by atoms with E-state index in [1.165, 1.54) is 35.9 Å². The second kappa shape index (κ2) is 7.46. The van der Waals surface area contributed by atoms with Gasteiger partial charge in [0.1, 0.15) is 0 Å². The Balaban J connectivity index is 0.000000882. The summed E-state index contributed by atoms with van der Waals surface area (Å²) in [4.78, 5) is 3.42. The van der Waals surface area contributed by atoms with Gasteiger partial charge in [0.25, 0.3) is 0 Å². The summed E-state index contributed by atoms with van der Waals surface area (Å²) in [5.41, 5.74) is 7.14. The van der Waals surface area contributed by atoms with Gasteiger partial charge in [-0.1, -0.05) is 0 Å². The minimum absolute atomic E-state index is 0. The zero-order chi connectivity index (χ0) is 13.5. The van der Waals surface area contributed by atoms with E-state index in [2.05, 4.69) is 59.5 Å². The number of hydrogen-bond acceptors (Lipinski definition) is 0. The average Bonchev–Trinajstić information content (AvgIpc) is 3.15. The van der Waals surface area contributed by atoms with Gasteiger partial charge < -0.3 is 24.8 Å². The quantitative estimate of drug-likeness (QED) is 0.637. The summed E-state index contributed by atoms with van der Waals surface area (Å²) in [6.07, 6.45) is 10.2. The third-order valence-corrected chi connectivity index (χ3v) is 6.13. The van der Waals surface area contributed by atoms with Crippen molar-refractivity contribution in [3.8, 4) is 0 Å². The van der Waals surface area contributed by atoms with Gasteiger partial charge in [-0.3, -0.25) is 0 Å². The molecule has 1 atom stereocenters. The third kappa shape index (κ3) is 3.00. The van der Waals surface area contributed by atoms with E-state index in [9.17, 15) is 0 Å². The summed E-state index contributed by atoms with van der Waals surface area (Å²) in [5.74, 6) is 2.60. The molecule has 109 valence electrons. The van der Waals surface area contributed by atoms with E-state index in [-0.39, 0.29) is 24.8 Å². The van der Waals surface area contributed by atoms with Crippen LogP contribution in [0.25, 0.3) is 11.6 Å². The second-order valence-corrected chi connectivity index (χ2v) is 7.63. The Kier molecular flexibility index (Phi) is 6.09. The Bertz CT molecular complexity index is 763.